The number of rotatable bonds is 5. The Balaban J connectivity index is 2.26. The molecule has 1 atom stereocenters. The van der Waals surface area contributed by atoms with Crippen LogP contribution >= 0.6 is 0 Å². The van der Waals surface area contributed by atoms with Gasteiger partial charge in [-0.3, -0.25) is 4.79 Å². The first-order valence-electron chi connectivity index (χ1n) is 8.95. The molecule has 0 bridgehead atoms. The zero-order valence-electron chi connectivity index (χ0n) is 15.2. The lowest BCUT2D eigenvalue weighted by Crippen LogP contribution is -2.57. The Morgan fingerprint density at radius 1 is 1.11 bits per heavy atom. The van der Waals surface area contributed by atoms with Crippen LogP contribution in [0.4, 0.5) is 13.2 Å². The Morgan fingerprint density at radius 3 is 2.39 bits per heavy atom. The molecule has 0 fully saturated rings. The van der Waals surface area contributed by atoms with Gasteiger partial charge in [-0.15, -0.1) is 0 Å². The molecule has 0 saturated carbocycles. The van der Waals surface area contributed by atoms with Crippen molar-refractivity contribution in [3.63, 3.8) is 0 Å². The van der Waals surface area contributed by atoms with E-state index in [1.165, 1.54) is 12.1 Å². The standard InChI is InChI=1S/C21H20F3NO3/c1-2-3-13-17(26)25-19-18(14-9-5-4-6-10-14)15-11-7-8-12-16(15)28-20(19,27)21(22,23)24/h4-12,27H,2-3,13H2,1H3,(H,25,26). The van der Waals surface area contributed by atoms with E-state index in [2.05, 4.69) is 5.32 Å². The van der Waals surface area contributed by atoms with Crippen LogP contribution in [0.15, 0.2) is 60.3 Å². The van der Waals surface area contributed by atoms with Crippen LogP contribution in [-0.2, 0) is 4.79 Å². The van der Waals surface area contributed by atoms with Gasteiger partial charge in [0.15, 0.2) is 0 Å². The van der Waals surface area contributed by atoms with E-state index in [1.54, 1.807) is 42.5 Å². The minimum Gasteiger partial charge on any atom is -0.448 e. The van der Waals surface area contributed by atoms with Gasteiger partial charge >= 0.3 is 12.0 Å². The number of alkyl halides is 3. The van der Waals surface area contributed by atoms with Gasteiger partial charge in [0.05, 0.1) is 0 Å². The second-order valence-corrected chi connectivity index (χ2v) is 6.51. The van der Waals surface area contributed by atoms with Crippen LogP contribution in [0.5, 0.6) is 5.75 Å². The van der Waals surface area contributed by atoms with Crippen LogP contribution in [0, 0.1) is 0 Å². The predicted molar refractivity (Wildman–Crippen MR) is 98.2 cm³/mol. The van der Waals surface area contributed by atoms with Crippen LogP contribution in [-0.4, -0.2) is 23.0 Å². The quantitative estimate of drug-likeness (QED) is 0.795. The number of carbonyl (C=O) groups is 1. The smallest absolute Gasteiger partial charge is 0.448 e. The van der Waals surface area contributed by atoms with Crippen molar-refractivity contribution in [2.45, 2.75) is 38.1 Å². The molecule has 0 aromatic heterocycles. The van der Waals surface area contributed by atoms with E-state index in [-0.39, 0.29) is 17.7 Å². The minimum atomic E-state index is -5.17. The molecule has 7 heteroatoms. The molecule has 1 amide bonds. The van der Waals surface area contributed by atoms with E-state index in [1.807, 2.05) is 6.92 Å². The second-order valence-electron chi connectivity index (χ2n) is 6.51. The van der Waals surface area contributed by atoms with Crippen LogP contribution in [0.3, 0.4) is 0 Å². The van der Waals surface area contributed by atoms with Crippen LogP contribution in [0.2, 0.25) is 0 Å². The SMILES string of the molecule is CCCCC(=O)NC1=C(c2ccccc2)c2ccccc2OC1(O)C(F)(F)F. The number of benzene rings is 2. The molecular formula is C21H20F3NO3. The van der Waals surface area contributed by atoms with Gasteiger partial charge in [0.2, 0.25) is 5.91 Å². The fourth-order valence-corrected chi connectivity index (χ4v) is 3.07. The maximum Gasteiger partial charge on any atom is 0.462 e. The highest BCUT2D eigenvalue weighted by Crippen LogP contribution is 2.47. The molecule has 4 nitrogen and oxygen atoms in total. The fourth-order valence-electron chi connectivity index (χ4n) is 3.07. The third-order valence-electron chi connectivity index (χ3n) is 4.47. The molecule has 28 heavy (non-hydrogen) atoms. The Labute approximate surface area is 160 Å². The minimum absolute atomic E-state index is 0.0393. The molecule has 3 rings (SSSR count). The number of aliphatic hydroxyl groups is 1. The van der Waals surface area contributed by atoms with E-state index in [0.717, 1.165) is 0 Å². The van der Waals surface area contributed by atoms with Crippen molar-refractivity contribution >= 4 is 11.5 Å². The van der Waals surface area contributed by atoms with Crippen molar-refractivity contribution in [2.24, 2.45) is 0 Å². The van der Waals surface area contributed by atoms with Gasteiger partial charge in [0.25, 0.3) is 0 Å². The monoisotopic (exact) mass is 391 g/mol. The molecule has 1 aliphatic rings. The summed E-state index contributed by atoms with van der Waals surface area (Å²) in [6.45, 7) is 1.87. The van der Waals surface area contributed by atoms with Gasteiger partial charge in [-0.2, -0.15) is 13.2 Å². The van der Waals surface area contributed by atoms with Crippen LogP contribution in [0.1, 0.15) is 37.3 Å². The lowest BCUT2D eigenvalue weighted by atomic mass is 9.89. The highest BCUT2D eigenvalue weighted by molar-refractivity contribution is 5.90. The summed E-state index contributed by atoms with van der Waals surface area (Å²) in [6, 6.07) is 14.4. The molecule has 1 unspecified atom stereocenters. The number of nitrogens with one attached hydrogen (secondary N) is 1. The number of carbonyl (C=O) groups excluding carboxylic acids is 1. The summed E-state index contributed by atoms with van der Waals surface area (Å²) in [4.78, 5) is 12.3. The zero-order valence-corrected chi connectivity index (χ0v) is 15.2. The summed E-state index contributed by atoms with van der Waals surface area (Å²) >= 11 is 0. The van der Waals surface area contributed by atoms with Gasteiger partial charge in [0.1, 0.15) is 11.4 Å². The molecule has 0 aliphatic carbocycles. The van der Waals surface area contributed by atoms with Gasteiger partial charge in [-0.05, 0) is 18.1 Å². The van der Waals surface area contributed by atoms with Crippen molar-refractivity contribution in [2.75, 3.05) is 0 Å². The van der Waals surface area contributed by atoms with Crippen LogP contribution < -0.4 is 10.1 Å². The van der Waals surface area contributed by atoms with Crippen molar-refractivity contribution in [3.8, 4) is 5.75 Å². The van der Waals surface area contributed by atoms with Gasteiger partial charge < -0.3 is 15.2 Å². The van der Waals surface area contributed by atoms with Gasteiger partial charge in [-0.1, -0.05) is 61.9 Å². The number of amides is 1. The lowest BCUT2D eigenvalue weighted by Gasteiger charge is -2.38. The summed E-state index contributed by atoms with van der Waals surface area (Å²) in [5.41, 5.74) is 0.137. The van der Waals surface area contributed by atoms with Crippen molar-refractivity contribution in [1.82, 2.24) is 5.32 Å². The first-order valence-corrected chi connectivity index (χ1v) is 8.95. The largest absolute Gasteiger partial charge is 0.462 e. The number of unbranched alkanes of at least 4 members (excludes halogenated alkanes) is 1. The van der Waals surface area contributed by atoms with Gasteiger partial charge in [-0.25, -0.2) is 0 Å². The molecule has 2 aromatic rings. The molecule has 2 aromatic carbocycles. The number of hydrogen-bond acceptors (Lipinski definition) is 3. The fraction of sp³-hybridized carbons (Fsp3) is 0.286. The summed E-state index contributed by atoms with van der Waals surface area (Å²) < 4.78 is 46.7. The third kappa shape index (κ3) is 3.62. The van der Waals surface area contributed by atoms with E-state index in [9.17, 15) is 23.1 Å². The Hall–Kier alpha value is -2.80. The van der Waals surface area contributed by atoms with E-state index in [0.29, 0.717) is 24.0 Å². The molecule has 0 saturated heterocycles. The number of hydrogen-bond donors (Lipinski definition) is 2. The van der Waals surface area contributed by atoms with Gasteiger partial charge in [0, 0.05) is 17.6 Å². The number of para-hydroxylation sites is 1. The first-order chi connectivity index (χ1) is 13.3. The highest BCUT2D eigenvalue weighted by atomic mass is 19.4. The summed E-state index contributed by atoms with van der Waals surface area (Å²) in [5, 5.41) is 12.9. The summed E-state index contributed by atoms with van der Waals surface area (Å²) in [7, 11) is 0. The third-order valence-corrected chi connectivity index (χ3v) is 4.47. The zero-order chi connectivity index (χ0) is 20.4. The first kappa shape index (κ1) is 19.9. The predicted octanol–water partition coefficient (Wildman–Crippen LogP) is 4.40. The topological polar surface area (TPSA) is 58.6 Å². The van der Waals surface area contributed by atoms with E-state index in [4.69, 9.17) is 4.74 Å². The molecule has 1 heterocycles. The number of ether oxygens (including phenoxy) is 1. The normalized spacial score (nSPS) is 19.0. The highest BCUT2D eigenvalue weighted by Gasteiger charge is 2.62. The maximum absolute atomic E-state index is 13.9. The average molecular weight is 391 g/mol. The number of fused-ring (bicyclic) bond motifs is 1. The molecule has 1 aliphatic heterocycles. The molecule has 2 N–H and O–H groups in total. The average Bonchev–Trinajstić information content (AvgIpc) is 2.66. The van der Waals surface area contributed by atoms with E-state index < -0.39 is 23.6 Å². The molecule has 148 valence electrons. The van der Waals surface area contributed by atoms with Crippen LogP contribution in [0.25, 0.3) is 5.57 Å². The van der Waals surface area contributed by atoms with E-state index >= 15 is 0 Å². The Bertz CT molecular complexity index is 893. The number of halogens is 3. The maximum atomic E-state index is 13.9. The lowest BCUT2D eigenvalue weighted by molar-refractivity contribution is -0.318. The summed E-state index contributed by atoms with van der Waals surface area (Å²) in [5.74, 6) is -4.40. The molecular weight excluding hydrogens is 371 g/mol. The Morgan fingerprint density at radius 2 is 1.75 bits per heavy atom. The van der Waals surface area contributed by atoms with Crippen molar-refractivity contribution in [1.29, 1.82) is 0 Å². The van der Waals surface area contributed by atoms with Crippen molar-refractivity contribution in [3.05, 3.63) is 71.4 Å². The second kappa shape index (κ2) is 7.67. The molecule has 0 spiro atoms. The molecule has 0 radical (unpaired) electrons. The Kier molecular flexibility index (Phi) is 5.47. The summed E-state index contributed by atoms with van der Waals surface area (Å²) in [6.07, 6.45) is -3.91. The van der Waals surface area contributed by atoms with Crippen molar-refractivity contribution < 1.29 is 27.8 Å².